The molecule has 1 N–H and O–H groups in total. The van der Waals surface area contributed by atoms with Gasteiger partial charge in [0, 0.05) is 0 Å². The van der Waals surface area contributed by atoms with E-state index in [0.717, 1.165) is 30.4 Å². The van der Waals surface area contributed by atoms with E-state index in [2.05, 4.69) is 11.4 Å². The van der Waals surface area contributed by atoms with Crippen LogP contribution in [-0.2, 0) is 30.6 Å². The minimum atomic E-state index is -3.57. The molecule has 0 saturated heterocycles. The van der Waals surface area contributed by atoms with Crippen LogP contribution in [0.15, 0.2) is 53.4 Å². The predicted molar refractivity (Wildman–Crippen MR) is 109 cm³/mol. The van der Waals surface area contributed by atoms with E-state index < -0.39 is 22.4 Å². The molecule has 0 aliphatic heterocycles. The number of aryl methyl sites for hydroxylation is 2. The zero-order valence-electron chi connectivity index (χ0n) is 16.4. The van der Waals surface area contributed by atoms with Crippen LogP contribution >= 0.6 is 0 Å². The van der Waals surface area contributed by atoms with Crippen molar-refractivity contribution in [2.75, 3.05) is 12.4 Å². The molecule has 1 amide bonds. The molecule has 1 aliphatic carbocycles. The van der Waals surface area contributed by atoms with Crippen LogP contribution in [0.1, 0.15) is 42.0 Å². The molecule has 6 nitrogen and oxygen atoms in total. The third-order valence-electron chi connectivity index (χ3n) is 5.02. The van der Waals surface area contributed by atoms with Gasteiger partial charge >= 0.3 is 5.97 Å². The van der Waals surface area contributed by atoms with Crippen molar-refractivity contribution in [2.45, 2.75) is 43.5 Å². The van der Waals surface area contributed by atoms with Gasteiger partial charge in [-0.05, 0) is 49.4 Å². The van der Waals surface area contributed by atoms with Crippen LogP contribution in [0.3, 0.4) is 0 Å². The van der Waals surface area contributed by atoms with Crippen LogP contribution in [0.4, 0.5) is 0 Å². The van der Waals surface area contributed by atoms with Gasteiger partial charge in [0.05, 0.1) is 23.1 Å². The molecule has 0 unspecified atom stereocenters. The lowest BCUT2D eigenvalue weighted by Crippen LogP contribution is -2.34. The molecular weight excluding hydrogens is 390 g/mol. The van der Waals surface area contributed by atoms with Crippen molar-refractivity contribution in [1.29, 1.82) is 0 Å². The molecule has 0 spiro atoms. The molecule has 2 aromatic carbocycles. The third-order valence-corrected chi connectivity index (χ3v) is 6.76. The van der Waals surface area contributed by atoms with Gasteiger partial charge in [-0.2, -0.15) is 0 Å². The summed E-state index contributed by atoms with van der Waals surface area (Å²) in [5.41, 5.74) is 3.28. The summed E-state index contributed by atoms with van der Waals surface area (Å²) in [5.74, 6) is -1.45. The maximum Gasteiger partial charge on any atom is 0.307 e. The first kappa shape index (κ1) is 21.0. The molecule has 0 bridgehead atoms. The quantitative estimate of drug-likeness (QED) is 0.703. The zero-order valence-corrected chi connectivity index (χ0v) is 17.2. The second-order valence-electron chi connectivity index (χ2n) is 7.25. The van der Waals surface area contributed by atoms with Crippen LogP contribution in [0.5, 0.6) is 0 Å². The second-order valence-corrected chi connectivity index (χ2v) is 9.36. The second kappa shape index (κ2) is 9.22. The fourth-order valence-corrected chi connectivity index (χ4v) is 4.66. The number of benzene rings is 2. The molecule has 1 atom stereocenters. The van der Waals surface area contributed by atoms with E-state index in [0.29, 0.717) is 0 Å². The van der Waals surface area contributed by atoms with Crippen LogP contribution in [0.2, 0.25) is 0 Å². The Hall–Kier alpha value is -2.67. The van der Waals surface area contributed by atoms with Gasteiger partial charge in [-0.1, -0.05) is 42.0 Å². The predicted octanol–water partition coefficient (Wildman–Crippen LogP) is 2.90. The summed E-state index contributed by atoms with van der Waals surface area (Å²) in [6.45, 7) is 1.45. The molecule has 0 aromatic heterocycles. The fourth-order valence-electron chi connectivity index (χ4n) is 3.44. The van der Waals surface area contributed by atoms with Gasteiger partial charge in [-0.15, -0.1) is 0 Å². The number of carbonyl (C=O) groups is 2. The van der Waals surface area contributed by atoms with E-state index in [4.69, 9.17) is 4.74 Å². The Labute approximate surface area is 171 Å². The molecule has 154 valence electrons. The highest BCUT2D eigenvalue weighted by atomic mass is 32.2. The van der Waals surface area contributed by atoms with Gasteiger partial charge in [0.1, 0.15) is 0 Å². The van der Waals surface area contributed by atoms with Crippen LogP contribution < -0.4 is 5.32 Å². The maximum atomic E-state index is 12.3. The number of carbonyl (C=O) groups excluding carboxylic acids is 2. The van der Waals surface area contributed by atoms with E-state index in [1.807, 2.05) is 25.1 Å². The van der Waals surface area contributed by atoms with Crippen molar-refractivity contribution in [2.24, 2.45) is 0 Å². The lowest BCUT2D eigenvalue weighted by Gasteiger charge is -2.26. The average Bonchev–Trinajstić information content (AvgIpc) is 2.71. The van der Waals surface area contributed by atoms with Gasteiger partial charge in [0.2, 0.25) is 0 Å². The van der Waals surface area contributed by atoms with Crippen LogP contribution in [-0.4, -0.2) is 32.7 Å². The Kier molecular flexibility index (Phi) is 6.69. The van der Waals surface area contributed by atoms with Crippen LogP contribution in [0.25, 0.3) is 0 Å². The van der Waals surface area contributed by atoms with Crippen LogP contribution in [0, 0.1) is 6.92 Å². The molecule has 29 heavy (non-hydrogen) atoms. The first-order valence-corrected chi connectivity index (χ1v) is 11.3. The number of nitrogens with one attached hydrogen (secondary N) is 1. The van der Waals surface area contributed by atoms with Crippen molar-refractivity contribution < 1.29 is 22.7 Å². The summed E-state index contributed by atoms with van der Waals surface area (Å²) >= 11 is 0. The molecule has 1 aliphatic rings. The summed E-state index contributed by atoms with van der Waals surface area (Å²) < 4.78 is 29.5. The highest BCUT2D eigenvalue weighted by Crippen LogP contribution is 2.29. The SMILES string of the molecule is Cc1ccc(S(=O)(=O)CCC(=O)OCC(=O)N[C@@H]2CCCc3ccccc32)cc1. The number of hydrogen-bond acceptors (Lipinski definition) is 5. The Bertz CT molecular complexity index is 983. The Morgan fingerprint density at radius 2 is 1.83 bits per heavy atom. The monoisotopic (exact) mass is 415 g/mol. The highest BCUT2D eigenvalue weighted by Gasteiger charge is 2.22. The topological polar surface area (TPSA) is 89.5 Å². The molecule has 0 heterocycles. The van der Waals surface area contributed by atoms with Gasteiger partial charge < -0.3 is 10.1 Å². The minimum absolute atomic E-state index is 0.0898. The molecular formula is C22H25NO5S. The largest absolute Gasteiger partial charge is 0.456 e. The number of ether oxygens (including phenoxy) is 1. The van der Waals surface area contributed by atoms with Gasteiger partial charge in [-0.3, -0.25) is 9.59 Å². The van der Waals surface area contributed by atoms with Crippen molar-refractivity contribution in [1.82, 2.24) is 5.32 Å². The summed E-state index contributed by atoms with van der Waals surface area (Å²) in [5, 5.41) is 2.90. The normalized spacial score (nSPS) is 16.0. The fraction of sp³-hybridized carbons (Fsp3) is 0.364. The maximum absolute atomic E-state index is 12.3. The molecule has 3 rings (SSSR count). The standard InChI is InChI=1S/C22H25NO5S/c1-16-9-11-18(12-10-16)29(26,27)14-13-22(25)28-15-21(24)23-20-8-4-6-17-5-2-3-7-19(17)20/h2-3,5,7,9-12,20H,4,6,8,13-15H2,1H3,(H,23,24)/t20-/m1/s1. The first-order chi connectivity index (χ1) is 13.8. The van der Waals surface area contributed by atoms with E-state index >= 15 is 0 Å². The number of hydrogen-bond donors (Lipinski definition) is 1. The summed E-state index contributed by atoms with van der Waals surface area (Å²) in [6.07, 6.45) is 2.52. The molecule has 0 saturated carbocycles. The van der Waals surface area contributed by atoms with E-state index in [1.165, 1.54) is 17.7 Å². The number of amides is 1. The first-order valence-electron chi connectivity index (χ1n) is 9.67. The number of fused-ring (bicyclic) bond motifs is 1. The number of esters is 1. The Balaban J connectivity index is 1.46. The van der Waals surface area contributed by atoms with E-state index in [-0.39, 0.29) is 29.0 Å². The summed E-state index contributed by atoms with van der Waals surface area (Å²) in [4.78, 5) is 24.2. The van der Waals surface area contributed by atoms with E-state index in [1.54, 1.807) is 12.1 Å². The summed E-state index contributed by atoms with van der Waals surface area (Å²) in [6, 6.07) is 14.3. The Morgan fingerprint density at radius 3 is 2.59 bits per heavy atom. The van der Waals surface area contributed by atoms with Gasteiger partial charge in [0.25, 0.3) is 5.91 Å². The van der Waals surface area contributed by atoms with Crippen molar-refractivity contribution in [3.8, 4) is 0 Å². The van der Waals surface area contributed by atoms with Gasteiger partial charge in [0.15, 0.2) is 16.4 Å². The lowest BCUT2D eigenvalue weighted by atomic mass is 9.88. The Morgan fingerprint density at radius 1 is 1.10 bits per heavy atom. The third kappa shape index (κ3) is 5.67. The average molecular weight is 416 g/mol. The lowest BCUT2D eigenvalue weighted by molar-refractivity contribution is -0.148. The summed E-state index contributed by atoms with van der Waals surface area (Å²) in [7, 11) is -3.57. The molecule has 2 aromatic rings. The molecule has 7 heteroatoms. The van der Waals surface area contributed by atoms with Gasteiger partial charge in [-0.25, -0.2) is 8.42 Å². The number of sulfone groups is 1. The smallest absolute Gasteiger partial charge is 0.307 e. The van der Waals surface area contributed by atoms with Crippen molar-refractivity contribution >= 4 is 21.7 Å². The highest BCUT2D eigenvalue weighted by molar-refractivity contribution is 7.91. The zero-order chi connectivity index (χ0) is 20.9. The van der Waals surface area contributed by atoms with E-state index in [9.17, 15) is 18.0 Å². The molecule has 0 radical (unpaired) electrons. The van der Waals surface area contributed by atoms with Crippen molar-refractivity contribution in [3.05, 3.63) is 65.2 Å². The van der Waals surface area contributed by atoms with Crippen molar-refractivity contribution in [3.63, 3.8) is 0 Å². The minimum Gasteiger partial charge on any atom is -0.456 e. The molecule has 0 fully saturated rings. The number of rotatable bonds is 7.